The number of rotatable bonds is 4. The molecule has 0 aromatic rings. The van der Waals surface area contributed by atoms with Crippen molar-refractivity contribution in [2.24, 2.45) is 5.92 Å². The van der Waals surface area contributed by atoms with Crippen LogP contribution < -0.4 is 0 Å². The van der Waals surface area contributed by atoms with Crippen molar-refractivity contribution < 1.29 is 0 Å². The average Bonchev–Trinajstić information content (AvgIpc) is 1.87. The molecule has 0 aromatic carbocycles. The van der Waals surface area contributed by atoms with Crippen molar-refractivity contribution >= 4 is 11.8 Å². The summed E-state index contributed by atoms with van der Waals surface area (Å²) >= 11 is 1.81. The highest BCUT2D eigenvalue weighted by molar-refractivity contribution is 8.03. The Bertz CT molecular complexity index is 143. The van der Waals surface area contributed by atoms with E-state index in [1.807, 2.05) is 17.8 Å². The number of hydrogen-bond acceptors (Lipinski definition) is 1. The van der Waals surface area contributed by atoms with Crippen molar-refractivity contribution in [1.29, 1.82) is 0 Å². The Morgan fingerprint density at radius 1 is 1.36 bits per heavy atom. The van der Waals surface area contributed by atoms with Crippen LogP contribution in [0.1, 0.15) is 27.7 Å². The van der Waals surface area contributed by atoms with Crippen LogP contribution in [0.15, 0.2) is 24.1 Å². The van der Waals surface area contributed by atoms with E-state index in [-0.39, 0.29) is 4.75 Å². The third-order valence-electron chi connectivity index (χ3n) is 1.33. The van der Waals surface area contributed by atoms with Gasteiger partial charge in [0.05, 0.1) is 0 Å². The SMILES string of the molecule is C=CC(C)(C)S/C=C\C(C)C. The standard InChI is InChI=1S/C10H18S/c1-6-10(4,5)11-8-7-9(2)3/h6-9H,1H2,2-5H3/b8-7-. The summed E-state index contributed by atoms with van der Waals surface area (Å²) < 4.78 is 0.172. The van der Waals surface area contributed by atoms with Crippen molar-refractivity contribution in [3.05, 3.63) is 24.1 Å². The Hall–Kier alpha value is -0.170. The Kier molecular flexibility index (Phi) is 4.58. The van der Waals surface area contributed by atoms with Gasteiger partial charge in [-0.15, -0.1) is 18.3 Å². The minimum atomic E-state index is 0.172. The zero-order valence-corrected chi connectivity index (χ0v) is 8.74. The molecule has 0 aliphatic carbocycles. The molecule has 0 unspecified atom stereocenters. The predicted octanol–water partition coefficient (Wildman–Crippen LogP) is 3.85. The summed E-state index contributed by atoms with van der Waals surface area (Å²) in [5, 5.41) is 2.16. The molecule has 0 aliphatic rings. The van der Waals surface area contributed by atoms with E-state index in [2.05, 4.69) is 45.8 Å². The fourth-order valence-electron chi connectivity index (χ4n) is 0.420. The third-order valence-corrected chi connectivity index (χ3v) is 2.39. The normalized spacial score (nSPS) is 12.8. The van der Waals surface area contributed by atoms with Crippen molar-refractivity contribution in [2.75, 3.05) is 0 Å². The van der Waals surface area contributed by atoms with Gasteiger partial charge in [-0.1, -0.05) is 26.0 Å². The number of hydrogen-bond donors (Lipinski definition) is 0. The second-order valence-electron chi connectivity index (χ2n) is 3.50. The molecule has 0 amide bonds. The Morgan fingerprint density at radius 2 is 1.91 bits per heavy atom. The lowest BCUT2D eigenvalue weighted by atomic mass is 10.2. The van der Waals surface area contributed by atoms with Crippen LogP contribution in [0.5, 0.6) is 0 Å². The number of allylic oxidation sites excluding steroid dienone is 1. The van der Waals surface area contributed by atoms with Crippen molar-refractivity contribution in [2.45, 2.75) is 32.4 Å². The maximum atomic E-state index is 3.78. The summed E-state index contributed by atoms with van der Waals surface area (Å²) in [6.07, 6.45) is 4.18. The molecule has 0 N–H and O–H groups in total. The van der Waals surface area contributed by atoms with Crippen LogP contribution in [0.2, 0.25) is 0 Å². The molecule has 0 nitrogen and oxygen atoms in total. The zero-order valence-electron chi connectivity index (χ0n) is 7.92. The summed E-state index contributed by atoms with van der Waals surface area (Å²) in [4.78, 5) is 0. The van der Waals surface area contributed by atoms with Gasteiger partial charge in [-0.2, -0.15) is 0 Å². The monoisotopic (exact) mass is 170 g/mol. The second-order valence-corrected chi connectivity index (χ2v) is 5.06. The second kappa shape index (κ2) is 4.66. The number of thioether (sulfide) groups is 1. The largest absolute Gasteiger partial charge is 0.124 e. The molecule has 0 aliphatic heterocycles. The van der Waals surface area contributed by atoms with Gasteiger partial charge in [-0.3, -0.25) is 0 Å². The summed E-state index contributed by atoms with van der Waals surface area (Å²) in [6, 6.07) is 0. The van der Waals surface area contributed by atoms with Gasteiger partial charge in [0.15, 0.2) is 0 Å². The molecule has 0 rings (SSSR count). The van der Waals surface area contributed by atoms with E-state index in [0.717, 1.165) is 0 Å². The molecule has 0 bridgehead atoms. The van der Waals surface area contributed by atoms with E-state index in [1.54, 1.807) is 0 Å². The molecule has 0 fully saturated rings. The van der Waals surface area contributed by atoms with Gasteiger partial charge in [-0.25, -0.2) is 0 Å². The topological polar surface area (TPSA) is 0 Å². The van der Waals surface area contributed by atoms with Gasteiger partial charge >= 0.3 is 0 Å². The van der Waals surface area contributed by atoms with Crippen LogP contribution >= 0.6 is 11.8 Å². The zero-order chi connectivity index (χ0) is 8.91. The first-order chi connectivity index (χ1) is 4.98. The van der Waals surface area contributed by atoms with Crippen LogP contribution in [0.4, 0.5) is 0 Å². The van der Waals surface area contributed by atoms with E-state index in [0.29, 0.717) is 5.92 Å². The molecule has 0 atom stereocenters. The van der Waals surface area contributed by atoms with Gasteiger partial charge < -0.3 is 0 Å². The van der Waals surface area contributed by atoms with Crippen LogP contribution in [-0.4, -0.2) is 4.75 Å². The Balaban J connectivity index is 3.78. The smallest absolute Gasteiger partial charge is 0.0321 e. The summed E-state index contributed by atoms with van der Waals surface area (Å²) in [5.41, 5.74) is 0. The lowest BCUT2D eigenvalue weighted by molar-refractivity contribution is 0.833. The quantitative estimate of drug-likeness (QED) is 0.577. The Morgan fingerprint density at radius 3 is 2.27 bits per heavy atom. The molecule has 0 heterocycles. The minimum absolute atomic E-state index is 0.172. The highest BCUT2D eigenvalue weighted by Gasteiger charge is 2.10. The highest BCUT2D eigenvalue weighted by atomic mass is 32.2. The molecule has 0 saturated heterocycles. The van der Waals surface area contributed by atoms with Gasteiger partial charge in [0.2, 0.25) is 0 Å². The first-order valence-corrected chi connectivity index (χ1v) is 4.84. The van der Waals surface area contributed by atoms with Crippen molar-refractivity contribution in [1.82, 2.24) is 0 Å². The average molecular weight is 170 g/mol. The fraction of sp³-hybridized carbons (Fsp3) is 0.600. The molecule has 0 radical (unpaired) electrons. The van der Waals surface area contributed by atoms with Crippen LogP contribution in [0.3, 0.4) is 0 Å². The fourth-order valence-corrected chi connectivity index (χ4v) is 1.26. The lowest BCUT2D eigenvalue weighted by Gasteiger charge is -2.15. The summed E-state index contributed by atoms with van der Waals surface area (Å²) in [5.74, 6) is 0.642. The summed E-state index contributed by atoms with van der Waals surface area (Å²) in [7, 11) is 0. The highest BCUT2D eigenvalue weighted by Crippen LogP contribution is 2.26. The Labute approximate surface area is 74.8 Å². The van der Waals surface area contributed by atoms with E-state index in [9.17, 15) is 0 Å². The van der Waals surface area contributed by atoms with E-state index < -0.39 is 0 Å². The minimum Gasteiger partial charge on any atom is -0.124 e. The first kappa shape index (κ1) is 10.8. The van der Waals surface area contributed by atoms with E-state index in [1.165, 1.54) is 0 Å². The van der Waals surface area contributed by atoms with Gasteiger partial charge in [0.1, 0.15) is 0 Å². The van der Waals surface area contributed by atoms with Gasteiger partial charge in [0, 0.05) is 4.75 Å². The first-order valence-electron chi connectivity index (χ1n) is 3.96. The molecule has 11 heavy (non-hydrogen) atoms. The summed E-state index contributed by atoms with van der Waals surface area (Å²) in [6.45, 7) is 12.5. The molecule has 0 aromatic heterocycles. The van der Waals surface area contributed by atoms with Gasteiger partial charge in [0.25, 0.3) is 0 Å². The lowest BCUT2D eigenvalue weighted by Crippen LogP contribution is -2.07. The third kappa shape index (κ3) is 6.24. The van der Waals surface area contributed by atoms with Crippen molar-refractivity contribution in [3.63, 3.8) is 0 Å². The molecule has 0 spiro atoms. The molecular weight excluding hydrogens is 152 g/mol. The van der Waals surface area contributed by atoms with Gasteiger partial charge in [-0.05, 0) is 25.2 Å². The molecule has 0 saturated carbocycles. The van der Waals surface area contributed by atoms with Crippen LogP contribution in [0, 0.1) is 5.92 Å². The maximum absolute atomic E-state index is 3.78. The van der Waals surface area contributed by atoms with Crippen LogP contribution in [-0.2, 0) is 0 Å². The van der Waals surface area contributed by atoms with Crippen LogP contribution in [0.25, 0.3) is 0 Å². The van der Waals surface area contributed by atoms with E-state index >= 15 is 0 Å². The predicted molar refractivity (Wildman–Crippen MR) is 55.8 cm³/mol. The molecule has 1 heteroatoms. The molecular formula is C10H18S. The van der Waals surface area contributed by atoms with Crippen molar-refractivity contribution in [3.8, 4) is 0 Å². The van der Waals surface area contributed by atoms with E-state index in [4.69, 9.17) is 0 Å². The molecule has 64 valence electrons. The maximum Gasteiger partial charge on any atom is 0.0321 e.